The minimum absolute atomic E-state index is 0.131. The second kappa shape index (κ2) is 8.00. The van der Waals surface area contributed by atoms with Crippen molar-refractivity contribution >= 4 is 5.91 Å². The van der Waals surface area contributed by atoms with Gasteiger partial charge in [0.1, 0.15) is 0 Å². The summed E-state index contributed by atoms with van der Waals surface area (Å²) in [5, 5.41) is 2.97. The Labute approximate surface area is 116 Å². The van der Waals surface area contributed by atoms with Crippen LogP contribution in [0, 0.1) is 11.8 Å². The standard InChI is InChI=1S/C15H27N3O/c1-12(2)14(6-8-16)4-5-15(19)17-10-13-7-9-18(3)11-13/h7,9,11-12,14H,4-6,8,10,16H2,1-3H3,(H,17,19). The van der Waals surface area contributed by atoms with Gasteiger partial charge in [-0.2, -0.15) is 0 Å². The van der Waals surface area contributed by atoms with E-state index in [0.717, 1.165) is 18.4 Å². The molecule has 1 amide bonds. The summed E-state index contributed by atoms with van der Waals surface area (Å²) in [5.41, 5.74) is 6.74. The van der Waals surface area contributed by atoms with Crippen LogP contribution in [0.3, 0.4) is 0 Å². The molecule has 1 aromatic rings. The summed E-state index contributed by atoms with van der Waals surface area (Å²) in [7, 11) is 1.98. The first-order chi connectivity index (χ1) is 9.02. The van der Waals surface area contributed by atoms with Crippen molar-refractivity contribution in [2.45, 2.75) is 39.7 Å². The van der Waals surface area contributed by atoms with Crippen LogP contribution in [0.5, 0.6) is 0 Å². The van der Waals surface area contributed by atoms with E-state index in [1.165, 1.54) is 0 Å². The van der Waals surface area contributed by atoms with Crippen LogP contribution >= 0.6 is 0 Å². The Hall–Kier alpha value is -1.29. The van der Waals surface area contributed by atoms with Gasteiger partial charge in [-0.25, -0.2) is 0 Å². The topological polar surface area (TPSA) is 60.1 Å². The van der Waals surface area contributed by atoms with Crippen LogP contribution < -0.4 is 11.1 Å². The molecule has 0 fully saturated rings. The van der Waals surface area contributed by atoms with Crippen LogP contribution in [-0.4, -0.2) is 17.0 Å². The number of hydrogen-bond acceptors (Lipinski definition) is 2. The van der Waals surface area contributed by atoms with Crippen LogP contribution in [0.25, 0.3) is 0 Å². The maximum Gasteiger partial charge on any atom is 0.220 e. The maximum absolute atomic E-state index is 11.8. The Morgan fingerprint density at radius 1 is 1.42 bits per heavy atom. The first-order valence-electron chi connectivity index (χ1n) is 7.10. The molecule has 108 valence electrons. The molecule has 4 heteroatoms. The molecular weight excluding hydrogens is 238 g/mol. The van der Waals surface area contributed by atoms with Crippen LogP contribution in [0.1, 0.15) is 38.7 Å². The van der Waals surface area contributed by atoms with Gasteiger partial charge < -0.3 is 15.6 Å². The molecule has 0 spiro atoms. The molecule has 1 rings (SSSR count). The minimum atomic E-state index is 0.131. The number of nitrogens with one attached hydrogen (secondary N) is 1. The fourth-order valence-corrected chi connectivity index (χ4v) is 2.30. The largest absolute Gasteiger partial charge is 0.357 e. The predicted octanol–water partition coefficient (Wildman–Crippen LogP) is 2.04. The summed E-state index contributed by atoms with van der Waals surface area (Å²) in [6, 6.07) is 2.02. The molecule has 0 saturated carbocycles. The number of carbonyl (C=O) groups excluding carboxylic acids is 1. The highest BCUT2D eigenvalue weighted by atomic mass is 16.1. The Kier molecular flexibility index (Phi) is 6.64. The monoisotopic (exact) mass is 265 g/mol. The number of hydrogen-bond donors (Lipinski definition) is 2. The molecule has 4 nitrogen and oxygen atoms in total. The molecule has 1 atom stereocenters. The number of nitrogens with two attached hydrogens (primary N) is 1. The molecule has 0 aliphatic heterocycles. The molecule has 0 saturated heterocycles. The van der Waals surface area contributed by atoms with Crippen molar-refractivity contribution in [3.63, 3.8) is 0 Å². The van der Waals surface area contributed by atoms with E-state index in [1.807, 2.05) is 30.1 Å². The van der Waals surface area contributed by atoms with Crippen LogP contribution in [0.15, 0.2) is 18.5 Å². The van der Waals surface area contributed by atoms with Gasteiger partial charge in [-0.05, 0) is 42.9 Å². The van der Waals surface area contributed by atoms with Gasteiger partial charge in [-0.3, -0.25) is 4.79 Å². The van der Waals surface area contributed by atoms with E-state index in [4.69, 9.17) is 5.73 Å². The molecular formula is C15H27N3O. The number of rotatable bonds is 8. The van der Waals surface area contributed by atoms with E-state index in [1.54, 1.807) is 0 Å². The SMILES string of the molecule is CC(C)C(CCN)CCC(=O)NCc1ccn(C)c1. The van der Waals surface area contributed by atoms with E-state index in [0.29, 0.717) is 31.3 Å². The summed E-state index contributed by atoms with van der Waals surface area (Å²) >= 11 is 0. The summed E-state index contributed by atoms with van der Waals surface area (Å²) in [5.74, 6) is 1.27. The number of aromatic nitrogens is 1. The van der Waals surface area contributed by atoms with Crippen LogP contribution in [0.4, 0.5) is 0 Å². The Balaban J connectivity index is 2.27. The van der Waals surface area contributed by atoms with Gasteiger partial charge in [-0.15, -0.1) is 0 Å². The zero-order chi connectivity index (χ0) is 14.3. The third kappa shape index (κ3) is 5.92. The first kappa shape index (κ1) is 15.8. The summed E-state index contributed by atoms with van der Waals surface area (Å²) in [6.07, 6.45) is 6.53. The quantitative estimate of drug-likeness (QED) is 0.755. The molecule has 19 heavy (non-hydrogen) atoms. The van der Waals surface area contributed by atoms with Gasteiger partial charge in [0.15, 0.2) is 0 Å². The van der Waals surface area contributed by atoms with Crippen molar-refractivity contribution in [1.29, 1.82) is 0 Å². The van der Waals surface area contributed by atoms with Crippen molar-refractivity contribution in [1.82, 2.24) is 9.88 Å². The van der Waals surface area contributed by atoms with Gasteiger partial charge in [-0.1, -0.05) is 13.8 Å². The molecule has 0 aliphatic rings. The fraction of sp³-hybridized carbons (Fsp3) is 0.667. The summed E-state index contributed by atoms with van der Waals surface area (Å²) in [4.78, 5) is 11.8. The van der Waals surface area contributed by atoms with E-state index >= 15 is 0 Å². The molecule has 0 aliphatic carbocycles. The minimum Gasteiger partial charge on any atom is -0.357 e. The Bertz CT molecular complexity index is 384. The normalized spacial score (nSPS) is 12.7. The van der Waals surface area contributed by atoms with E-state index < -0.39 is 0 Å². The number of carbonyl (C=O) groups is 1. The van der Waals surface area contributed by atoms with Gasteiger partial charge in [0.25, 0.3) is 0 Å². The summed E-state index contributed by atoms with van der Waals surface area (Å²) in [6.45, 7) is 5.71. The maximum atomic E-state index is 11.8. The first-order valence-corrected chi connectivity index (χ1v) is 7.10. The highest BCUT2D eigenvalue weighted by Gasteiger charge is 2.14. The lowest BCUT2D eigenvalue weighted by Crippen LogP contribution is -2.24. The number of amides is 1. The third-order valence-corrected chi connectivity index (χ3v) is 3.61. The Morgan fingerprint density at radius 2 is 2.16 bits per heavy atom. The van der Waals surface area contributed by atoms with E-state index in [-0.39, 0.29) is 5.91 Å². The smallest absolute Gasteiger partial charge is 0.220 e. The molecule has 0 aromatic carbocycles. The van der Waals surface area contributed by atoms with Crippen LogP contribution in [-0.2, 0) is 18.4 Å². The fourth-order valence-electron chi connectivity index (χ4n) is 2.30. The molecule has 1 heterocycles. The lowest BCUT2D eigenvalue weighted by molar-refractivity contribution is -0.121. The summed E-state index contributed by atoms with van der Waals surface area (Å²) < 4.78 is 1.98. The lowest BCUT2D eigenvalue weighted by atomic mass is 9.88. The number of nitrogens with zero attached hydrogens (tertiary/aromatic N) is 1. The van der Waals surface area contributed by atoms with Gasteiger partial charge >= 0.3 is 0 Å². The van der Waals surface area contributed by atoms with Crippen molar-refractivity contribution in [2.75, 3.05) is 6.54 Å². The van der Waals surface area contributed by atoms with Crippen LogP contribution in [0.2, 0.25) is 0 Å². The van der Waals surface area contributed by atoms with Crippen molar-refractivity contribution in [3.05, 3.63) is 24.0 Å². The lowest BCUT2D eigenvalue weighted by Gasteiger charge is -2.19. The van der Waals surface area contributed by atoms with Gasteiger partial charge in [0.2, 0.25) is 5.91 Å². The zero-order valence-electron chi connectivity index (χ0n) is 12.4. The Morgan fingerprint density at radius 3 is 2.68 bits per heavy atom. The van der Waals surface area contributed by atoms with Crippen molar-refractivity contribution < 1.29 is 4.79 Å². The average molecular weight is 265 g/mol. The van der Waals surface area contributed by atoms with Crippen molar-refractivity contribution in [3.8, 4) is 0 Å². The highest BCUT2D eigenvalue weighted by molar-refractivity contribution is 5.75. The van der Waals surface area contributed by atoms with Crippen molar-refractivity contribution in [2.24, 2.45) is 24.6 Å². The second-order valence-electron chi connectivity index (χ2n) is 5.58. The third-order valence-electron chi connectivity index (χ3n) is 3.61. The zero-order valence-corrected chi connectivity index (χ0v) is 12.4. The van der Waals surface area contributed by atoms with E-state index in [2.05, 4.69) is 19.2 Å². The molecule has 1 unspecified atom stereocenters. The van der Waals surface area contributed by atoms with Gasteiger partial charge in [0.05, 0.1) is 0 Å². The second-order valence-corrected chi connectivity index (χ2v) is 5.58. The highest BCUT2D eigenvalue weighted by Crippen LogP contribution is 2.20. The predicted molar refractivity (Wildman–Crippen MR) is 78.5 cm³/mol. The number of aryl methyl sites for hydroxylation is 1. The van der Waals surface area contributed by atoms with E-state index in [9.17, 15) is 4.79 Å². The van der Waals surface area contributed by atoms with Gasteiger partial charge in [0, 0.05) is 32.4 Å². The molecule has 0 bridgehead atoms. The average Bonchev–Trinajstić information content (AvgIpc) is 2.77. The molecule has 1 aromatic heterocycles. The molecule has 0 radical (unpaired) electrons. The molecule has 3 N–H and O–H groups in total.